The van der Waals surface area contributed by atoms with Crippen molar-refractivity contribution in [3.63, 3.8) is 0 Å². The van der Waals surface area contributed by atoms with E-state index in [0.717, 1.165) is 53.9 Å². The van der Waals surface area contributed by atoms with Crippen LogP contribution < -0.4 is 16.0 Å². The number of fused-ring (bicyclic) bond motifs is 2. The summed E-state index contributed by atoms with van der Waals surface area (Å²) < 4.78 is 0. The van der Waals surface area contributed by atoms with Crippen LogP contribution in [0.3, 0.4) is 0 Å². The van der Waals surface area contributed by atoms with E-state index in [-0.39, 0.29) is 5.91 Å². The predicted molar refractivity (Wildman–Crippen MR) is 128 cm³/mol. The Balaban J connectivity index is 1.70. The van der Waals surface area contributed by atoms with Gasteiger partial charge in [-0.1, -0.05) is 29.8 Å². The van der Waals surface area contributed by atoms with E-state index in [4.69, 9.17) is 22.3 Å². The molecule has 3 aromatic rings. The van der Waals surface area contributed by atoms with Gasteiger partial charge in [-0.25, -0.2) is 4.98 Å². The zero-order valence-electron chi connectivity index (χ0n) is 18.0. The number of carbonyl (C=O) groups excluding carboxylic acids is 1. The molecule has 0 aliphatic carbocycles. The van der Waals surface area contributed by atoms with E-state index in [1.807, 2.05) is 30.3 Å². The second-order valence-corrected chi connectivity index (χ2v) is 8.49. The van der Waals surface area contributed by atoms with Gasteiger partial charge in [-0.15, -0.1) is 0 Å². The standard InChI is InChI=1S/C24H28ClN5O/c1-29(2)24(31)17-8-9-18-15-30(12-4-5-16(18)13-17)22-14-21(27-11-10-26)19-6-3-7-20(25)23(19)28-22/h3,6-9,13-14H,4-5,10-12,15,26H2,1-2H3,(H,27,28). The SMILES string of the molecule is CN(C)C(=O)c1ccc2c(c1)CCCN(c1cc(NCCN)c3cccc(Cl)c3n1)C2. The zero-order chi connectivity index (χ0) is 22.0. The predicted octanol–water partition coefficient (Wildman–Crippen LogP) is 3.91. The first-order valence-corrected chi connectivity index (χ1v) is 11.0. The van der Waals surface area contributed by atoms with Crippen LogP contribution in [0.25, 0.3) is 10.9 Å². The number of carbonyl (C=O) groups is 1. The molecule has 7 heteroatoms. The van der Waals surface area contributed by atoms with Gasteiger partial charge in [-0.3, -0.25) is 4.79 Å². The van der Waals surface area contributed by atoms with E-state index >= 15 is 0 Å². The topological polar surface area (TPSA) is 74.5 Å². The van der Waals surface area contributed by atoms with E-state index in [0.29, 0.717) is 18.1 Å². The summed E-state index contributed by atoms with van der Waals surface area (Å²) in [5.74, 6) is 0.923. The number of halogens is 1. The Bertz CT molecular complexity index is 1110. The molecule has 0 atom stereocenters. The number of aromatic nitrogens is 1. The first-order valence-electron chi connectivity index (χ1n) is 10.6. The third kappa shape index (κ3) is 4.45. The van der Waals surface area contributed by atoms with Crippen molar-refractivity contribution in [2.75, 3.05) is 43.9 Å². The van der Waals surface area contributed by atoms with Crippen molar-refractivity contribution in [3.8, 4) is 0 Å². The smallest absolute Gasteiger partial charge is 0.253 e. The van der Waals surface area contributed by atoms with E-state index in [1.165, 1.54) is 11.1 Å². The molecule has 162 valence electrons. The molecule has 1 amide bonds. The van der Waals surface area contributed by atoms with Gasteiger partial charge in [0.15, 0.2) is 0 Å². The number of benzene rings is 2. The minimum absolute atomic E-state index is 0.0327. The number of pyridine rings is 1. The summed E-state index contributed by atoms with van der Waals surface area (Å²) in [6.45, 7) is 2.84. The fourth-order valence-electron chi connectivity index (χ4n) is 4.06. The maximum absolute atomic E-state index is 12.4. The van der Waals surface area contributed by atoms with E-state index in [9.17, 15) is 4.79 Å². The zero-order valence-corrected chi connectivity index (χ0v) is 18.7. The van der Waals surface area contributed by atoms with E-state index in [2.05, 4.69) is 22.3 Å². The summed E-state index contributed by atoms with van der Waals surface area (Å²) in [4.78, 5) is 21.2. The average Bonchev–Trinajstić information content (AvgIpc) is 2.99. The van der Waals surface area contributed by atoms with Crippen LogP contribution in [0.5, 0.6) is 0 Å². The fraction of sp³-hybridized carbons (Fsp3) is 0.333. The fourth-order valence-corrected chi connectivity index (χ4v) is 4.28. The number of rotatable bonds is 5. The monoisotopic (exact) mass is 437 g/mol. The third-order valence-electron chi connectivity index (χ3n) is 5.66. The highest BCUT2D eigenvalue weighted by atomic mass is 35.5. The molecule has 31 heavy (non-hydrogen) atoms. The van der Waals surface area contributed by atoms with Crippen LogP contribution in [-0.4, -0.2) is 49.5 Å². The second kappa shape index (κ2) is 9.12. The van der Waals surface area contributed by atoms with Crippen LogP contribution in [0, 0.1) is 0 Å². The van der Waals surface area contributed by atoms with Crippen LogP contribution in [0.1, 0.15) is 27.9 Å². The first kappa shape index (κ1) is 21.4. The Kier molecular flexibility index (Phi) is 6.30. The third-order valence-corrected chi connectivity index (χ3v) is 5.96. The van der Waals surface area contributed by atoms with Crippen molar-refractivity contribution in [3.05, 3.63) is 64.2 Å². The summed E-state index contributed by atoms with van der Waals surface area (Å²) >= 11 is 6.49. The summed E-state index contributed by atoms with van der Waals surface area (Å²) in [6.07, 6.45) is 1.92. The number of nitrogens with one attached hydrogen (secondary N) is 1. The minimum atomic E-state index is 0.0327. The Morgan fingerprint density at radius 1 is 1.23 bits per heavy atom. The average molecular weight is 438 g/mol. The molecule has 0 fully saturated rings. The highest BCUT2D eigenvalue weighted by molar-refractivity contribution is 6.35. The molecular weight excluding hydrogens is 410 g/mol. The highest BCUT2D eigenvalue weighted by Gasteiger charge is 2.20. The molecule has 0 bridgehead atoms. The van der Waals surface area contributed by atoms with Crippen LogP contribution in [0.15, 0.2) is 42.5 Å². The van der Waals surface area contributed by atoms with Crippen molar-refractivity contribution in [2.45, 2.75) is 19.4 Å². The van der Waals surface area contributed by atoms with Gasteiger partial charge in [0.25, 0.3) is 5.91 Å². The Hall–Kier alpha value is -2.83. The molecule has 6 nitrogen and oxygen atoms in total. The number of hydrogen-bond acceptors (Lipinski definition) is 5. The molecule has 4 rings (SSSR count). The quantitative estimate of drug-likeness (QED) is 0.633. The summed E-state index contributed by atoms with van der Waals surface area (Å²) in [6, 6.07) is 14.0. The van der Waals surface area contributed by atoms with Crippen LogP contribution in [-0.2, 0) is 13.0 Å². The molecule has 1 aliphatic heterocycles. The molecule has 0 radical (unpaired) electrons. The second-order valence-electron chi connectivity index (χ2n) is 8.09. The van der Waals surface area contributed by atoms with Gasteiger partial charge in [-0.2, -0.15) is 0 Å². The molecule has 0 saturated heterocycles. The van der Waals surface area contributed by atoms with Gasteiger partial charge in [0.1, 0.15) is 5.82 Å². The van der Waals surface area contributed by atoms with Crippen molar-refractivity contribution in [2.24, 2.45) is 5.73 Å². The number of para-hydroxylation sites is 1. The maximum atomic E-state index is 12.4. The van der Waals surface area contributed by atoms with Crippen molar-refractivity contribution in [1.82, 2.24) is 9.88 Å². The minimum Gasteiger partial charge on any atom is -0.383 e. The molecule has 0 unspecified atom stereocenters. The van der Waals surface area contributed by atoms with E-state index < -0.39 is 0 Å². The van der Waals surface area contributed by atoms with Gasteiger partial charge in [0.05, 0.1) is 10.5 Å². The number of amides is 1. The molecular formula is C24H28ClN5O. The van der Waals surface area contributed by atoms with Crippen molar-refractivity contribution < 1.29 is 4.79 Å². The summed E-state index contributed by atoms with van der Waals surface area (Å²) in [5, 5.41) is 5.05. The number of hydrogen-bond donors (Lipinski definition) is 2. The lowest BCUT2D eigenvalue weighted by Gasteiger charge is -2.24. The normalized spacial score (nSPS) is 13.6. The Morgan fingerprint density at radius 3 is 2.84 bits per heavy atom. The van der Waals surface area contributed by atoms with Gasteiger partial charge in [0, 0.05) is 63.0 Å². The lowest BCUT2D eigenvalue weighted by atomic mass is 10.0. The summed E-state index contributed by atoms with van der Waals surface area (Å²) in [7, 11) is 3.56. The maximum Gasteiger partial charge on any atom is 0.253 e. The molecule has 3 N–H and O–H groups in total. The first-order chi connectivity index (χ1) is 15.0. The van der Waals surface area contributed by atoms with Gasteiger partial charge < -0.3 is 20.9 Å². The molecule has 1 aromatic heterocycles. The van der Waals surface area contributed by atoms with Crippen LogP contribution >= 0.6 is 11.6 Å². The van der Waals surface area contributed by atoms with Gasteiger partial charge in [-0.05, 0) is 42.2 Å². The van der Waals surface area contributed by atoms with Gasteiger partial charge >= 0.3 is 0 Å². The largest absolute Gasteiger partial charge is 0.383 e. The lowest BCUT2D eigenvalue weighted by molar-refractivity contribution is 0.0827. The van der Waals surface area contributed by atoms with Crippen LogP contribution in [0.4, 0.5) is 11.5 Å². The molecule has 2 aromatic carbocycles. The molecule has 0 saturated carbocycles. The number of anilines is 2. The molecule has 2 heterocycles. The highest BCUT2D eigenvalue weighted by Crippen LogP contribution is 2.33. The van der Waals surface area contributed by atoms with Gasteiger partial charge in [0.2, 0.25) is 0 Å². The molecule has 0 spiro atoms. The number of nitrogens with zero attached hydrogens (tertiary/aromatic N) is 3. The lowest BCUT2D eigenvalue weighted by Crippen LogP contribution is -2.24. The van der Waals surface area contributed by atoms with Crippen LogP contribution in [0.2, 0.25) is 5.02 Å². The molecule has 1 aliphatic rings. The summed E-state index contributed by atoms with van der Waals surface area (Å²) in [5.41, 5.74) is 10.7. The number of aryl methyl sites for hydroxylation is 1. The Labute approximate surface area is 188 Å². The Morgan fingerprint density at radius 2 is 2.06 bits per heavy atom. The number of nitrogens with two attached hydrogens (primary N) is 1. The van der Waals surface area contributed by atoms with Crippen molar-refractivity contribution >= 4 is 39.9 Å². The van der Waals surface area contributed by atoms with E-state index in [1.54, 1.807) is 19.0 Å². The van der Waals surface area contributed by atoms with Crippen molar-refractivity contribution in [1.29, 1.82) is 0 Å².